The maximum Gasteiger partial charge on any atom is 0.272 e. The van der Waals surface area contributed by atoms with Gasteiger partial charge in [-0.1, -0.05) is 54.6 Å². The van der Waals surface area contributed by atoms with Crippen LogP contribution in [0.25, 0.3) is 0 Å². The van der Waals surface area contributed by atoms with Gasteiger partial charge in [0, 0.05) is 11.5 Å². The Kier molecular flexibility index (Phi) is 3.39. The number of benzene rings is 2. The first-order valence-electron chi connectivity index (χ1n) is 6.62. The van der Waals surface area contributed by atoms with E-state index in [-0.39, 0.29) is 5.78 Å². The Morgan fingerprint density at radius 2 is 1.62 bits per heavy atom. The second kappa shape index (κ2) is 5.09. The largest absolute Gasteiger partial charge is 0.294 e. The molecular formula is C16H14O4S. The third kappa shape index (κ3) is 2.50. The first-order chi connectivity index (χ1) is 9.98. The molecule has 0 amide bonds. The van der Waals surface area contributed by atoms with E-state index in [1.54, 1.807) is 42.5 Å². The van der Waals surface area contributed by atoms with Crippen molar-refractivity contribution in [1.29, 1.82) is 0 Å². The summed E-state index contributed by atoms with van der Waals surface area (Å²) in [5.41, 5.74) is 1.82. The monoisotopic (exact) mass is 302 g/mol. The summed E-state index contributed by atoms with van der Waals surface area (Å²) in [6, 6.07) is 15.5. The Morgan fingerprint density at radius 1 is 1.00 bits per heavy atom. The molecule has 4 nitrogen and oxygen atoms in total. The Bertz CT molecular complexity index is 781. The Balaban J connectivity index is 2.07. The molecule has 5 heteroatoms. The summed E-state index contributed by atoms with van der Waals surface area (Å²) >= 11 is 0. The van der Waals surface area contributed by atoms with E-state index in [9.17, 15) is 17.8 Å². The van der Waals surface area contributed by atoms with E-state index < -0.39 is 21.3 Å². The van der Waals surface area contributed by atoms with Crippen LogP contribution in [0.4, 0.5) is 0 Å². The molecule has 0 bridgehead atoms. The van der Waals surface area contributed by atoms with Crippen LogP contribution in [0.15, 0.2) is 54.6 Å². The zero-order valence-electron chi connectivity index (χ0n) is 11.1. The van der Waals surface area contributed by atoms with Gasteiger partial charge in [0.1, 0.15) is 5.25 Å². The molecule has 108 valence electrons. The van der Waals surface area contributed by atoms with Gasteiger partial charge < -0.3 is 0 Å². The normalized spacial score (nSPS) is 19.3. The van der Waals surface area contributed by atoms with Crippen LogP contribution < -0.4 is 0 Å². The van der Waals surface area contributed by atoms with Crippen molar-refractivity contribution >= 4 is 15.9 Å². The van der Waals surface area contributed by atoms with Crippen molar-refractivity contribution < 1.29 is 17.8 Å². The lowest BCUT2D eigenvalue weighted by molar-refractivity contribution is 0.0930. The molecule has 1 aliphatic rings. The van der Waals surface area contributed by atoms with E-state index in [4.69, 9.17) is 0 Å². The van der Waals surface area contributed by atoms with Crippen molar-refractivity contribution in [2.24, 2.45) is 5.92 Å². The van der Waals surface area contributed by atoms with Gasteiger partial charge in [-0.25, -0.2) is 0 Å². The zero-order valence-corrected chi connectivity index (χ0v) is 12.0. The van der Waals surface area contributed by atoms with E-state index in [0.717, 1.165) is 5.56 Å². The van der Waals surface area contributed by atoms with Crippen molar-refractivity contribution in [2.75, 3.05) is 0 Å². The standard InChI is InChI=1S/C16H14O4S/c17-15-13-9-5-4-8-12(13)10-14(15)16(21(18,19)20)11-6-2-1-3-7-11/h1-9,14,16H,10H2,(H,18,19,20). The van der Waals surface area contributed by atoms with E-state index in [1.807, 2.05) is 12.1 Å². The summed E-state index contributed by atoms with van der Waals surface area (Å²) < 4.78 is 33.2. The summed E-state index contributed by atoms with van der Waals surface area (Å²) in [5.74, 6) is -1.00. The number of hydrogen-bond acceptors (Lipinski definition) is 3. The molecule has 0 heterocycles. The van der Waals surface area contributed by atoms with Crippen LogP contribution in [0.5, 0.6) is 0 Å². The highest BCUT2D eigenvalue weighted by molar-refractivity contribution is 7.86. The molecule has 0 spiro atoms. The summed E-state index contributed by atoms with van der Waals surface area (Å²) in [5, 5.41) is -1.22. The molecule has 2 aromatic rings. The van der Waals surface area contributed by atoms with Gasteiger partial charge in [0.2, 0.25) is 0 Å². The van der Waals surface area contributed by atoms with Crippen LogP contribution in [-0.2, 0) is 16.5 Å². The van der Waals surface area contributed by atoms with E-state index >= 15 is 0 Å². The van der Waals surface area contributed by atoms with Crippen molar-refractivity contribution in [2.45, 2.75) is 11.7 Å². The van der Waals surface area contributed by atoms with Crippen molar-refractivity contribution in [1.82, 2.24) is 0 Å². The Morgan fingerprint density at radius 3 is 2.24 bits per heavy atom. The Hall–Kier alpha value is -1.98. The SMILES string of the molecule is O=C1c2ccccc2CC1C(c1ccccc1)S(=O)(=O)O. The maximum atomic E-state index is 12.5. The average Bonchev–Trinajstić information content (AvgIpc) is 2.77. The molecule has 21 heavy (non-hydrogen) atoms. The second-order valence-corrected chi connectivity index (χ2v) is 6.72. The zero-order chi connectivity index (χ0) is 15.0. The van der Waals surface area contributed by atoms with Gasteiger partial charge in [-0.15, -0.1) is 0 Å². The molecule has 0 aliphatic heterocycles. The number of ketones is 1. The molecule has 2 atom stereocenters. The van der Waals surface area contributed by atoms with Crippen molar-refractivity contribution in [3.8, 4) is 0 Å². The van der Waals surface area contributed by atoms with Gasteiger partial charge in [0.05, 0.1) is 0 Å². The molecule has 0 saturated heterocycles. The van der Waals surface area contributed by atoms with Crippen molar-refractivity contribution in [3.63, 3.8) is 0 Å². The van der Waals surface area contributed by atoms with Gasteiger partial charge in [-0.05, 0) is 17.5 Å². The van der Waals surface area contributed by atoms with E-state index in [1.165, 1.54) is 0 Å². The topological polar surface area (TPSA) is 71.4 Å². The third-order valence-corrected chi connectivity index (χ3v) is 5.12. The molecule has 2 unspecified atom stereocenters. The lowest BCUT2D eigenvalue weighted by Gasteiger charge is -2.19. The molecule has 2 aromatic carbocycles. The second-order valence-electron chi connectivity index (χ2n) is 5.18. The predicted molar refractivity (Wildman–Crippen MR) is 78.7 cm³/mol. The predicted octanol–water partition coefficient (Wildman–Crippen LogP) is 2.67. The molecular weight excluding hydrogens is 288 g/mol. The molecule has 1 aliphatic carbocycles. The highest BCUT2D eigenvalue weighted by Crippen LogP contribution is 2.39. The number of Topliss-reactive ketones (excluding diaryl/α,β-unsaturated/α-hetero) is 1. The number of fused-ring (bicyclic) bond motifs is 1. The van der Waals surface area contributed by atoms with Crippen LogP contribution in [0.3, 0.4) is 0 Å². The summed E-state index contributed by atoms with van der Waals surface area (Å²) in [6.07, 6.45) is 0.328. The molecule has 1 N–H and O–H groups in total. The molecule has 0 aromatic heterocycles. The fourth-order valence-electron chi connectivity index (χ4n) is 2.97. The average molecular weight is 302 g/mol. The van der Waals surface area contributed by atoms with E-state index in [0.29, 0.717) is 17.5 Å². The smallest absolute Gasteiger partial charge is 0.272 e. The quantitative estimate of drug-likeness (QED) is 0.885. The first-order valence-corrected chi connectivity index (χ1v) is 8.12. The van der Waals surface area contributed by atoms with Gasteiger partial charge in [-0.3, -0.25) is 9.35 Å². The lowest BCUT2D eigenvalue weighted by Crippen LogP contribution is -2.26. The molecule has 0 radical (unpaired) electrons. The van der Waals surface area contributed by atoms with Gasteiger partial charge in [-0.2, -0.15) is 8.42 Å². The summed E-state index contributed by atoms with van der Waals surface area (Å²) in [7, 11) is -4.37. The van der Waals surface area contributed by atoms with Gasteiger partial charge in [0.25, 0.3) is 10.1 Å². The minimum absolute atomic E-state index is 0.225. The number of rotatable bonds is 3. The molecule has 3 rings (SSSR count). The van der Waals surface area contributed by atoms with E-state index in [2.05, 4.69) is 0 Å². The lowest BCUT2D eigenvalue weighted by atomic mass is 9.95. The maximum absolute atomic E-state index is 12.5. The fourth-order valence-corrected chi connectivity index (χ4v) is 4.10. The first kappa shape index (κ1) is 14.0. The molecule has 0 saturated carbocycles. The minimum Gasteiger partial charge on any atom is -0.294 e. The summed E-state index contributed by atoms with van der Waals surface area (Å²) in [6.45, 7) is 0. The third-order valence-electron chi connectivity index (χ3n) is 3.87. The number of carbonyl (C=O) groups excluding carboxylic acids is 1. The van der Waals surface area contributed by atoms with Gasteiger partial charge >= 0.3 is 0 Å². The summed E-state index contributed by atoms with van der Waals surface area (Å²) in [4.78, 5) is 12.5. The van der Waals surface area contributed by atoms with Crippen LogP contribution >= 0.6 is 0 Å². The fraction of sp³-hybridized carbons (Fsp3) is 0.188. The van der Waals surface area contributed by atoms with Crippen LogP contribution in [0.2, 0.25) is 0 Å². The number of carbonyl (C=O) groups is 1. The van der Waals surface area contributed by atoms with Gasteiger partial charge in [0.15, 0.2) is 5.78 Å². The van der Waals surface area contributed by atoms with Crippen molar-refractivity contribution in [3.05, 3.63) is 71.3 Å². The van der Waals surface area contributed by atoms with Crippen LogP contribution in [0, 0.1) is 5.92 Å². The highest BCUT2D eigenvalue weighted by atomic mass is 32.2. The number of hydrogen-bond donors (Lipinski definition) is 1. The Labute approximate surface area is 123 Å². The van der Waals surface area contributed by atoms with Crippen LogP contribution in [0.1, 0.15) is 26.7 Å². The molecule has 0 fully saturated rings. The van der Waals surface area contributed by atoms with Crippen LogP contribution in [-0.4, -0.2) is 18.8 Å². The minimum atomic E-state index is -4.37. The highest BCUT2D eigenvalue weighted by Gasteiger charge is 2.42.